The van der Waals surface area contributed by atoms with Gasteiger partial charge < -0.3 is 15.0 Å². The summed E-state index contributed by atoms with van der Waals surface area (Å²) in [5.74, 6) is 0.951. The number of anilines is 1. The first-order valence-corrected chi connectivity index (χ1v) is 11.4. The van der Waals surface area contributed by atoms with Crippen LogP contribution in [0.3, 0.4) is 0 Å². The van der Waals surface area contributed by atoms with E-state index >= 15 is 0 Å². The average molecular weight is 396 g/mol. The second-order valence-electron chi connectivity index (χ2n) is 7.54. The van der Waals surface area contributed by atoms with Crippen molar-refractivity contribution in [1.82, 2.24) is 10.2 Å². The molecule has 0 aromatic heterocycles. The molecule has 0 unspecified atom stereocenters. The van der Waals surface area contributed by atoms with Crippen molar-refractivity contribution in [3.63, 3.8) is 0 Å². The Balaban J connectivity index is 1.51. The normalized spacial score (nSPS) is 21.4. The number of nitrogens with zero attached hydrogens (tertiary/aromatic N) is 2. The topological polar surface area (TPSA) is 79.0 Å². The van der Waals surface area contributed by atoms with Crippen molar-refractivity contribution in [1.29, 1.82) is 0 Å². The molecule has 1 aromatic carbocycles. The van der Waals surface area contributed by atoms with Gasteiger partial charge in [0.1, 0.15) is 5.75 Å². The van der Waals surface area contributed by atoms with Crippen LogP contribution in [0.15, 0.2) is 24.3 Å². The van der Waals surface area contributed by atoms with E-state index in [2.05, 4.69) is 17.1 Å². The Labute approximate surface area is 161 Å². The van der Waals surface area contributed by atoms with Crippen LogP contribution in [0.25, 0.3) is 0 Å². The van der Waals surface area contributed by atoms with Gasteiger partial charge in [-0.3, -0.25) is 9.10 Å². The van der Waals surface area contributed by atoms with Gasteiger partial charge in [-0.05, 0) is 56.9 Å². The van der Waals surface area contributed by atoms with E-state index in [-0.39, 0.29) is 12.5 Å². The third-order valence-electron chi connectivity index (χ3n) is 5.25. The number of benzene rings is 1. The van der Waals surface area contributed by atoms with E-state index in [4.69, 9.17) is 4.74 Å². The summed E-state index contributed by atoms with van der Waals surface area (Å²) >= 11 is 0. The fraction of sp³-hybridized carbons (Fsp3) is 0.632. The van der Waals surface area contributed by atoms with Crippen LogP contribution in [0.2, 0.25) is 0 Å². The second-order valence-corrected chi connectivity index (χ2v) is 9.44. The molecule has 0 spiro atoms. The summed E-state index contributed by atoms with van der Waals surface area (Å²) in [7, 11) is -3.48. The van der Waals surface area contributed by atoms with Gasteiger partial charge in [0.25, 0.3) is 5.91 Å². The van der Waals surface area contributed by atoms with Crippen LogP contribution >= 0.6 is 0 Å². The molecule has 1 N–H and O–H groups in total. The number of likely N-dealkylation sites (tertiary alicyclic amines) is 1. The predicted octanol–water partition coefficient (Wildman–Crippen LogP) is 1.45. The third-order valence-corrected chi connectivity index (χ3v) is 6.40. The first-order valence-electron chi connectivity index (χ1n) is 9.58. The number of hydrogen-bond acceptors (Lipinski definition) is 5. The summed E-state index contributed by atoms with van der Waals surface area (Å²) in [5, 5.41) is 2.89. The summed E-state index contributed by atoms with van der Waals surface area (Å²) in [6.45, 7) is 6.06. The summed E-state index contributed by atoms with van der Waals surface area (Å²) < 4.78 is 31.2. The molecule has 150 valence electrons. The highest BCUT2D eigenvalue weighted by Crippen LogP contribution is 2.34. The molecule has 1 aromatic rings. The lowest BCUT2D eigenvalue weighted by atomic mass is 9.99. The molecule has 2 aliphatic heterocycles. The molecule has 0 aliphatic carbocycles. The van der Waals surface area contributed by atoms with Gasteiger partial charge >= 0.3 is 0 Å². The Morgan fingerprint density at radius 1 is 1.26 bits per heavy atom. The van der Waals surface area contributed by atoms with Crippen LogP contribution in [0.4, 0.5) is 5.69 Å². The van der Waals surface area contributed by atoms with Gasteiger partial charge in [-0.1, -0.05) is 19.1 Å². The Morgan fingerprint density at radius 2 is 1.96 bits per heavy atom. The molecule has 1 amide bonds. The standard InChI is InChI=1S/C19H29N3O4S/c1-15-8-12-21(13-9-15)11-5-10-20-19(23)18-14-22(27(2,24)25)16-6-3-4-7-17(16)26-18/h3-4,6-7,15,18H,5,8-14H2,1-2H3,(H,20,23)/t18-/m1/s1. The number of ether oxygens (including phenoxy) is 1. The number of fused-ring (bicyclic) bond motifs is 1. The Bertz CT molecular complexity index is 760. The maximum absolute atomic E-state index is 12.5. The number of nitrogens with one attached hydrogen (secondary N) is 1. The van der Waals surface area contributed by atoms with E-state index in [9.17, 15) is 13.2 Å². The molecule has 1 atom stereocenters. The summed E-state index contributed by atoms with van der Waals surface area (Å²) in [6, 6.07) is 6.88. The molecule has 0 bridgehead atoms. The Morgan fingerprint density at radius 3 is 2.67 bits per heavy atom. The molecule has 0 radical (unpaired) electrons. The number of carbonyl (C=O) groups is 1. The number of rotatable bonds is 6. The van der Waals surface area contributed by atoms with E-state index in [1.807, 2.05) is 0 Å². The predicted molar refractivity (Wildman–Crippen MR) is 106 cm³/mol. The van der Waals surface area contributed by atoms with Crippen LogP contribution in [-0.4, -0.2) is 64.3 Å². The van der Waals surface area contributed by atoms with E-state index in [1.54, 1.807) is 24.3 Å². The highest BCUT2D eigenvalue weighted by atomic mass is 32.2. The van der Waals surface area contributed by atoms with Gasteiger partial charge in [0, 0.05) is 6.54 Å². The number of carbonyl (C=O) groups excluding carboxylic acids is 1. The van der Waals surface area contributed by atoms with Gasteiger partial charge in [-0.15, -0.1) is 0 Å². The van der Waals surface area contributed by atoms with Crippen molar-refractivity contribution in [2.24, 2.45) is 5.92 Å². The zero-order chi connectivity index (χ0) is 19.4. The first-order chi connectivity index (χ1) is 12.8. The van der Waals surface area contributed by atoms with Crippen molar-refractivity contribution in [2.75, 3.05) is 43.3 Å². The minimum absolute atomic E-state index is 0.00824. The molecule has 1 saturated heterocycles. The Kier molecular flexibility index (Phi) is 6.26. The van der Waals surface area contributed by atoms with E-state index in [1.165, 1.54) is 17.1 Å². The zero-order valence-corrected chi connectivity index (χ0v) is 16.9. The lowest BCUT2D eigenvalue weighted by Gasteiger charge is -2.34. The summed E-state index contributed by atoms with van der Waals surface area (Å²) in [6.07, 6.45) is 3.65. The van der Waals surface area contributed by atoms with Crippen LogP contribution in [0.1, 0.15) is 26.2 Å². The lowest BCUT2D eigenvalue weighted by Crippen LogP contribution is -2.50. The number of para-hydroxylation sites is 2. The maximum atomic E-state index is 12.5. The smallest absolute Gasteiger partial charge is 0.263 e. The molecule has 7 nitrogen and oxygen atoms in total. The highest BCUT2D eigenvalue weighted by molar-refractivity contribution is 7.92. The monoisotopic (exact) mass is 395 g/mol. The van der Waals surface area contributed by atoms with E-state index < -0.39 is 16.1 Å². The third kappa shape index (κ3) is 5.13. The molecule has 2 heterocycles. The van der Waals surface area contributed by atoms with Gasteiger partial charge in [0.2, 0.25) is 10.0 Å². The molecular formula is C19H29N3O4S. The maximum Gasteiger partial charge on any atom is 0.263 e. The van der Waals surface area contributed by atoms with Gasteiger partial charge in [0.15, 0.2) is 6.10 Å². The van der Waals surface area contributed by atoms with Crippen LogP contribution in [0, 0.1) is 5.92 Å². The minimum atomic E-state index is -3.48. The van der Waals surface area contributed by atoms with Crippen LogP contribution in [-0.2, 0) is 14.8 Å². The fourth-order valence-electron chi connectivity index (χ4n) is 3.57. The minimum Gasteiger partial charge on any atom is -0.476 e. The SMILES string of the molecule is CC1CCN(CCCNC(=O)[C@H]2CN(S(C)(=O)=O)c3ccccc3O2)CC1. The number of amides is 1. The molecule has 1 fully saturated rings. The lowest BCUT2D eigenvalue weighted by molar-refractivity contribution is -0.127. The van der Waals surface area contributed by atoms with E-state index in [0.29, 0.717) is 18.0 Å². The molecule has 0 saturated carbocycles. The fourth-order valence-corrected chi connectivity index (χ4v) is 4.48. The summed E-state index contributed by atoms with van der Waals surface area (Å²) in [5.41, 5.74) is 0.475. The van der Waals surface area contributed by atoms with Crippen molar-refractivity contribution >= 4 is 21.6 Å². The molecule has 27 heavy (non-hydrogen) atoms. The quantitative estimate of drug-likeness (QED) is 0.738. The van der Waals surface area contributed by atoms with Crippen LogP contribution < -0.4 is 14.4 Å². The first kappa shape index (κ1) is 19.9. The van der Waals surface area contributed by atoms with Crippen molar-refractivity contribution in [3.05, 3.63) is 24.3 Å². The van der Waals surface area contributed by atoms with Crippen molar-refractivity contribution in [2.45, 2.75) is 32.3 Å². The van der Waals surface area contributed by atoms with Gasteiger partial charge in [0.05, 0.1) is 18.5 Å². The largest absolute Gasteiger partial charge is 0.476 e. The molecule has 2 aliphatic rings. The van der Waals surface area contributed by atoms with Crippen molar-refractivity contribution in [3.8, 4) is 5.75 Å². The number of piperidine rings is 1. The summed E-state index contributed by atoms with van der Waals surface area (Å²) in [4.78, 5) is 14.9. The Hall–Kier alpha value is -1.80. The van der Waals surface area contributed by atoms with Gasteiger partial charge in [-0.25, -0.2) is 8.42 Å². The second kappa shape index (κ2) is 8.48. The van der Waals surface area contributed by atoms with Gasteiger partial charge in [-0.2, -0.15) is 0 Å². The van der Waals surface area contributed by atoms with E-state index in [0.717, 1.165) is 38.2 Å². The molecule has 3 rings (SSSR count). The highest BCUT2D eigenvalue weighted by Gasteiger charge is 2.34. The molecular weight excluding hydrogens is 366 g/mol. The number of sulfonamides is 1. The number of hydrogen-bond donors (Lipinski definition) is 1. The zero-order valence-electron chi connectivity index (χ0n) is 16.1. The molecule has 8 heteroatoms. The van der Waals surface area contributed by atoms with Crippen LogP contribution in [0.5, 0.6) is 5.75 Å². The van der Waals surface area contributed by atoms with Crippen molar-refractivity contribution < 1.29 is 17.9 Å². The average Bonchev–Trinajstić information content (AvgIpc) is 2.64.